The summed E-state index contributed by atoms with van der Waals surface area (Å²) >= 11 is 9.20. The van der Waals surface area contributed by atoms with E-state index >= 15 is 0 Å². The maximum atomic E-state index is 13.9. The average Bonchev–Trinajstić information content (AvgIpc) is 2.43. The number of rotatable bonds is 5. The highest BCUT2D eigenvalue weighted by Gasteiger charge is 2.14. The van der Waals surface area contributed by atoms with Crippen LogP contribution in [0.3, 0.4) is 0 Å². The van der Waals surface area contributed by atoms with Gasteiger partial charge in [-0.3, -0.25) is 0 Å². The molecule has 0 aliphatic carbocycles. The second kappa shape index (κ2) is 7.21. The van der Waals surface area contributed by atoms with Crippen LogP contribution in [0.25, 0.3) is 0 Å². The summed E-state index contributed by atoms with van der Waals surface area (Å²) in [6.45, 7) is 0.0124. The third kappa shape index (κ3) is 4.05. The van der Waals surface area contributed by atoms with E-state index in [0.717, 1.165) is 10.0 Å². The molecule has 2 aromatic carbocycles. The van der Waals surface area contributed by atoms with Crippen LogP contribution in [-0.4, -0.2) is 11.7 Å². The maximum absolute atomic E-state index is 13.9. The molecule has 0 saturated heterocycles. The second-order valence-corrected chi connectivity index (χ2v) is 6.12. The van der Waals surface area contributed by atoms with Crippen LogP contribution in [0.2, 0.25) is 5.02 Å². The van der Waals surface area contributed by atoms with Gasteiger partial charge in [-0.2, -0.15) is 0 Å². The lowest BCUT2D eigenvalue weighted by Gasteiger charge is -2.15. The summed E-state index contributed by atoms with van der Waals surface area (Å²) in [7, 11) is 0. The van der Waals surface area contributed by atoms with Crippen molar-refractivity contribution >= 4 is 27.5 Å². The van der Waals surface area contributed by atoms with Gasteiger partial charge in [0.15, 0.2) is 0 Å². The Balaban J connectivity index is 2.11. The van der Waals surface area contributed by atoms with Crippen LogP contribution in [0.5, 0.6) is 0 Å². The molecule has 0 spiro atoms. The van der Waals surface area contributed by atoms with Gasteiger partial charge in [-0.15, -0.1) is 0 Å². The number of hydrogen-bond donors (Lipinski definition) is 1. The Morgan fingerprint density at radius 1 is 1.15 bits per heavy atom. The van der Waals surface area contributed by atoms with Gasteiger partial charge in [0, 0.05) is 11.1 Å². The first kappa shape index (κ1) is 15.5. The zero-order valence-corrected chi connectivity index (χ0v) is 13.2. The summed E-state index contributed by atoms with van der Waals surface area (Å²) in [5, 5.41) is 9.64. The van der Waals surface area contributed by atoms with Crippen LogP contribution in [-0.2, 0) is 12.8 Å². The molecule has 1 atom stereocenters. The predicted octanol–water partition coefficient (Wildman–Crippen LogP) is 4.64. The molecule has 1 unspecified atom stereocenters. The van der Waals surface area contributed by atoms with Crippen LogP contribution >= 0.6 is 27.5 Å². The number of aliphatic hydroxyl groups excluding tert-OH is 1. The van der Waals surface area contributed by atoms with Gasteiger partial charge in [0.2, 0.25) is 0 Å². The molecule has 0 amide bonds. The van der Waals surface area contributed by atoms with E-state index in [1.807, 2.05) is 24.3 Å². The molecule has 0 aliphatic rings. The van der Waals surface area contributed by atoms with E-state index in [2.05, 4.69) is 15.9 Å². The van der Waals surface area contributed by atoms with Gasteiger partial charge in [0.05, 0.1) is 5.02 Å². The second-order valence-electron chi connectivity index (χ2n) is 4.80. The minimum Gasteiger partial charge on any atom is -0.396 e. The molecule has 4 heteroatoms. The van der Waals surface area contributed by atoms with Crippen LogP contribution in [0.15, 0.2) is 46.9 Å². The lowest BCUT2D eigenvalue weighted by atomic mass is 9.93. The SMILES string of the molecule is OCC(Cc1cccc(Br)c1)Cc1cccc(Cl)c1F. The Bertz CT molecular complexity index is 588. The summed E-state index contributed by atoms with van der Waals surface area (Å²) in [6, 6.07) is 12.9. The molecular formula is C16H15BrClFO. The first-order valence-electron chi connectivity index (χ1n) is 6.38. The lowest BCUT2D eigenvalue weighted by molar-refractivity contribution is 0.224. The highest BCUT2D eigenvalue weighted by Crippen LogP contribution is 2.22. The summed E-state index contributed by atoms with van der Waals surface area (Å²) in [6.07, 6.45) is 1.16. The van der Waals surface area contributed by atoms with E-state index < -0.39 is 0 Å². The van der Waals surface area contributed by atoms with Crippen molar-refractivity contribution in [2.24, 2.45) is 5.92 Å². The van der Waals surface area contributed by atoms with Crippen molar-refractivity contribution in [1.82, 2.24) is 0 Å². The standard InChI is InChI=1S/C16H15BrClFO/c17-14-5-1-3-11(9-14)7-12(10-20)8-13-4-2-6-15(18)16(13)19/h1-6,9,12,20H,7-8,10H2. The van der Waals surface area contributed by atoms with E-state index in [1.54, 1.807) is 12.1 Å². The smallest absolute Gasteiger partial charge is 0.144 e. The Labute approximate surface area is 131 Å². The van der Waals surface area contributed by atoms with Crippen molar-refractivity contribution in [1.29, 1.82) is 0 Å². The predicted molar refractivity (Wildman–Crippen MR) is 83.5 cm³/mol. The zero-order chi connectivity index (χ0) is 14.5. The molecule has 0 saturated carbocycles. The Kier molecular flexibility index (Phi) is 5.58. The fraction of sp³-hybridized carbons (Fsp3) is 0.250. The fourth-order valence-electron chi connectivity index (χ4n) is 2.22. The van der Waals surface area contributed by atoms with Gasteiger partial charge in [0.25, 0.3) is 0 Å². The molecule has 0 heterocycles. The molecule has 0 aromatic heterocycles. The summed E-state index contributed by atoms with van der Waals surface area (Å²) in [5.41, 5.74) is 1.66. The number of hydrogen-bond acceptors (Lipinski definition) is 1. The normalized spacial score (nSPS) is 12.4. The van der Waals surface area contributed by atoms with Crippen molar-refractivity contribution < 1.29 is 9.50 Å². The van der Waals surface area contributed by atoms with Crippen LogP contribution < -0.4 is 0 Å². The van der Waals surface area contributed by atoms with E-state index in [9.17, 15) is 9.50 Å². The highest BCUT2D eigenvalue weighted by molar-refractivity contribution is 9.10. The molecular weight excluding hydrogens is 343 g/mol. The first-order valence-corrected chi connectivity index (χ1v) is 7.55. The van der Waals surface area contributed by atoms with Crippen molar-refractivity contribution in [3.63, 3.8) is 0 Å². The molecule has 0 radical (unpaired) electrons. The van der Waals surface area contributed by atoms with Gasteiger partial charge in [-0.1, -0.05) is 51.8 Å². The number of benzene rings is 2. The summed E-state index contributed by atoms with van der Waals surface area (Å²) in [4.78, 5) is 0. The molecule has 20 heavy (non-hydrogen) atoms. The van der Waals surface area contributed by atoms with E-state index in [0.29, 0.717) is 18.4 Å². The van der Waals surface area contributed by atoms with Gasteiger partial charge in [0.1, 0.15) is 5.82 Å². The van der Waals surface area contributed by atoms with E-state index in [1.165, 1.54) is 6.07 Å². The van der Waals surface area contributed by atoms with E-state index in [4.69, 9.17) is 11.6 Å². The molecule has 1 nitrogen and oxygen atoms in total. The number of aliphatic hydroxyl groups is 1. The Morgan fingerprint density at radius 3 is 2.60 bits per heavy atom. The summed E-state index contributed by atoms with van der Waals surface area (Å²) < 4.78 is 14.9. The monoisotopic (exact) mass is 356 g/mol. The number of halogens is 3. The van der Waals surface area contributed by atoms with Crippen LogP contribution in [0, 0.1) is 11.7 Å². The quantitative estimate of drug-likeness (QED) is 0.827. The molecule has 2 aromatic rings. The molecule has 106 valence electrons. The van der Waals surface area contributed by atoms with Crippen LogP contribution in [0.1, 0.15) is 11.1 Å². The molecule has 2 rings (SSSR count). The van der Waals surface area contributed by atoms with Gasteiger partial charge in [-0.25, -0.2) is 4.39 Å². The van der Waals surface area contributed by atoms with Crippen molar-refractivity contribution in [2.45, 2.75) is 12.8 Å². The third-order valence-electron chi connectivity index (χ3n) is 3.21. The zero-order valence-electron chi connectivity index (χ0n) is 10.8. The van der Waals surface area contributed by atoms with Crippen molar-refractivity contribution in [2.75, 3.05) is 6.61 Å². The summed E-state index contributed by atoms with van der Waals surface area (Å²) in [5.74, 6) is -0.417. The minimum absolute atomic E-state index is 0.0124. The average molecular weight is 358 g/mol. The molecule has 0 aliphatic heterocycles. The Hall–Kier alpha value is -0.900. The van der Waals surface area contributed by atoms with Crippen LogP contribution in [0.4, 0.5) is 4.39 Å². The minimum atomic E-state index is -0.387. The highest BCUT2D eigenvalue weighted by atomic mass is 79.9. The van der Waals surface area contributed by atoms with Crippen molar-refractivity contribution in [3.05, 3.63) is 68.9 Å². The lowest BCUT2D eigenvalue weighted by Crippen LogP contribution is -2.14. The Morgan fingerprint density at radius 2 is 1.90 bits per heavy atom. The van der Waals surface area contributed by atoms with E-state index in [-0.39, 0.29) is 23.4 Å². The molecule has 0 bridgehead atoms. The largest absolute Gasteiger partial charge is 0.396 e. The first-order chi connectivity index (χ1) is 9.60. The topological polar surface area (TPSA) is 20.2 Å². The van der Waals surface area contributed by atoms with Gasteiger partial charge >= 0.3 is 0 Å². The van der Waals surface area contributed by atoms with Gasteiger partial charge < -0.3 is 5.11 Å². The molecule has 1 N–H and O–H groups in total. The fourth-order valence-corrected chi connectivity index (χ4v) is 2.86. The molecule has 0 fully saturated rings. The third-order valence-corrected chi connectivity index (χ3v) is 4.00. The van der Waals surface area contributed by atoms with Gasteiger partial charge in [-0.05, 0) is 48.1 Å². The maximum Gasteiger partial charge on any atom is 0.144 e. The van der Waals surface area contributed by atoms with Crippen molar-refractivity contribution in [3.8, 4) is 0 Å².